The summed E-state index contributed by atoms with van der Waals surface area (Å²) in [6.07, 6.45) is 4.88. The summed E-state index contributed by atoms with van der Waals surface area (Å²) in [5, 5.41) is 8.35. The van der Waals surface area contributed by atoms with Gasteiger partial charge in [0.25, 0.3) is 11.1 Å². The average molecular weight is 378 g/mol. The first-order valence-electron chi connectivity index (χ1n) is 9.14. The molecular formula is C19H26N2O4S. The lowest BCUT2D eigenvalue weighted by Gasteiger charge is -2.36. The summed E-state index contributed by atoms with van der Waals surface area (Å²) in [4.78, 5) is 12.3. The molecule has 0 bridgehead atoms. The van der Waals surface area contributed by atoms with Crippen LogP contribution in [0.1, 0.15) is 45.8 Å². The van der Waals surface area contributed by atoms with Crippen LogP contribution < -0.4 is 0 Å². The monoisotopic (exact) mass is 378 g/mol. The molecule has 3 atom stereocenters. The number of aryl methyl sites for hydroxylation is 1. The molecule has 2 aromatic rings. The zero-order chi connectivity index (χ0) is 18.7. The fourth-order valence-electron chi connectivity index (χ4n) is 3.56. The van der Waals surface area contributed by atoms with Gasteiger partial charge in [0.05, 0.1) is 11.8 Å². The van der Waals surface area contributed by atoms with Crippen LogP contribution in [0.2, 0.25) is 0 Å². The molecule has 2 heterocycles. The van der Waals surface area contributed by atoms with E-state index in [9.17, 15) is 4.79 Å². The molecule has 2 aromatic heterocycles. The predicted molar refractivity (Wildman–Crippen MR) is 98.7 cm³/mol. The molecule has 1 aliphatic carbocycles. The number of aromatic nitrogens is 2. The highest BCUT2D eigenvalue weighted by Gasteiger charge is 2.33. The second-order valence-electron chi connectivity index (χ2n) is 7.41. The van der Waals surface area contributed by atoms with Gasteiger partial charge in [-0.1, -0.05) is 39.0 Å². The van der Waals surface area contributed by atoms with Gasteiger partial charge in [0.1, 0.15) is 17.6 Å². The highest BCUT2D eigenvalue weighted by Crippen LogP contribution is 2.35. The first-order chi connectivity index (χ1) is 12.4. The van der Waals surface area contributed by atoms with E-state index >= 15 is 0 Å². The van der Waals surface area contributed by atoms with Crippen LogP contribution in [0.3, 0.4) is 0 Å². The Morgan fingerprint density at radius 2 is 2.19 bits per heavy atom. The summed E-state index contributed by atoms with van der Waals surface area (Å²) in [7, 11) is 0. The van der Waals surface area contributed by atoms with E-state index in [1.165, 1.54) is 18.2 Å². The third-order valence-corrected chi connectivity index (χ3v) is 5.85. The summed E-state index contributed by atoms with van der Waals surface area (Å²) in [6.45, 7) is 8.46. The lowest BCUT2D eigenvalue weighted by molar-refractivity contribution is -0.152. The Morgan fingerprint density at radius 3 is 2.88 bits per heavy atom. The third kappa shape index (κ3) is 4.50. The highest BCUT2D eigenvalue weighted by atomic mass is 32.2. The Hall–Kier alpha value is -1.76. The summed E-state index contributed by atoms with van der Waals surface area (Å²) >= 11 is 1.21. The Kier molecular flexibility index (Phi) is 6.06. The third-order valence-electron chi connectivity index (χ3n) is 5.05. The van der Waals surface area contributed by atoms with Gasteiger partial charge in [-0.3, -0.25) is 4.79 Å². The molecule has 7 heteroatoms. The largest absolute Gasteiger partial charge is 0.469 e. The van der Waals surface area contributed by atoms with E-state index in [1.54, 1.807) is 12.3 Å². The molecule has 26 heavy (non-hydrogen) atoms. The number of carbonyl (C=O) groups is 1. The first kappa shape index (κ1) is 19.0. The van der Waals surface area contributed by atoms with Gasteiger partial charge in [-0.15, -0.1) is 10.2 Å². The van der Waals surface area contributed by atoms with Crippen molar-refractivity contribution in [3.8, 4) is 11.5 Å². The van der Waals surface area contributed by atoms with E-state index in [-0.39, 0.29) is 17.8 Å². The molecule has 0 spiro atoms. The SMILES string of the molecule is Cc1occc1-c1nnc(SCC(=O)O[C@@H]2C[C@H](C)CC[C@@H]2C(C)C)o1. The Labute approximate surface area is 158 Å². The van der Waals surface area contributed by atoms with Crippen LogP contribution in [0, 0.1) is 24.7 Å². The van der Waals surface area contributed by atoms with E-state index < -0.39 is 0 Å². The van der Waals surface area contributed by atoms with Gasteiger partial charge in [0, 0.05) is 0 Å². The minimum absolute atomic E-state index is 0.0127. The van der Waals surface area contributed by atoms with Gasteiger partial charge in [0.2, 0.25) is 0 Å². The molecule has 0 aromatic carbocycles. The summed E-state index contributed by atoms with van der Waals surface area (Å²) in [6, 6.07) is 1.78. The number of carbonyl (C=O) groups excluding carboxylic acids is 1. The molecule has 0 amide bonds. The molecular weight excluding hydrogens is 352 g/mol. The Morgan fingerprint density at radius 1 is 1.38 bits per heavy atom. The summed E-state index contributed by atoms with van der Waals surface area (Å²) in [5.74, 6) is 2.63. The van der Waals surface area contributed by atoms with Crippen molar-refractivity contribution in [3.05, 3.63) is 18.1 Å². The first-order valence-corrected chi connectivity index (χ1v) is 10.1. The van der Waals surface area contributed by atoms with E-state index in [0.29, 0.717) is 28.9 Å². The van der Waals surface area contributed by atoms with Crippen molar-refractivity contribution in [2.24, 2.45) is 17.8 Å². The van der Waals surface area contributed by atoms with Gasteiger partial charge < -0.3 is 13.6 Å². The van der Waals surface area contributed by atoms with Crippen molar-refractivity contribution in [3.63, 3.8) is 0 Å². The average Bonchev–Trinajstić information content (AvgIpc) is 3.21. The van der Waals surface area contributed by atoms with Crippen molar-refractivity contribution < 1.29 is 18.4 Å². The number of furan rings is 1. The minimum Gasteiger partial charge on any atom is -0.469 e. The molecule has 0 saturated heterocycles. The highest BCUT2D eigenvalue weighted by molar-refractivity contribution is 7.99. The van der Waals surface area contributed by atoms with Gasteiger partial charge in [0.15, 0.2) is 0 Å². The van der Waals surface area contributed by atoms with Crippen LogP contribution in [0.4, 0.5) is 0 Å². The Bertz CT molecular complexity index is 739. The van der Waals surface area contributed by atoms with Crippen molar-refractivity contribution in [1.29, 1.82) is 0 Å². The smallest absolute Gasteiger partial charge is 0.316 e. The zero-order valence-electron chi connectivity index (χ0n) is 15.7. The maximum absolute atomic E-state index is 12.3. The number of ether oxygens (including phenoxy) is 1. The summed E-state index contributed by atoms with van der Waals surface area (Å²) < 4.78 is 16.6. The van der Waals surface area contributed by atoms with Gasteiger partial charge >= 0.3 is 5.97 Å². The number of hydrogen-bond donors (Lipinski definition) is 0. The van der Waals surface area contributed by atoms with Crippen molar-refractivity contribution in [1.82, 2.24) is 10.2 Å². The number of esters is 1. The second-order valence-corrected chi connectivity index (χ2v) is 8.33. The van der Waals surface area contributed by atoms with E-state index in [2.05, 4.69) is 31.0 Å². The van der Waals surface area contributed by atoms with E-state index in [4.69, 9.17) is 13.6 Å². The van der Waals surface area contributed by atoms with Crippen LogP contribution >= 0.6 is 11.8 Å². The molecule has 0 aliphatic heterocycles. The molecule has 1 fully saturated rings. The number of hydrogen-bond acceptors (Lipinski definition) is 7. The summed E-state index contributed by atoms with van der Waals surface area (Å²) in [5.41, 5.74) is 0.767. The second kappa shape index (κ2) is 8.29. The van der Waals surface area contributed by atoms with E-state index in [0.717, 1.165) is 24.2 Å². The molecule has 3 rings (SSSR count). The molecule has 0 N–H and O–H groups in total. The Balaban J connectivity index is 1.54. The van der Waals surface area contributed by atoms with Crippen molar-refractivity contribution in [2.45, 2.75) is 58.3 Å². The fourth-order valence-corrected chi connectivity index (χ4v) is 4.10. The van der Waals surface area contributed by atoms with Gasteiger partial charge in [-0.25, -0.2) is 0 Å². The minimum atomic E-state index is -0.223. The molecule has 1 saturated carbocycles. The topological polar surface area (TPSA) is 78.4 Å². The normalized spacial score (nSPS) is 23.3. The fraction of sp³-hybridized carbons (Fsp3) is 0.632. The molecule has 0 radical (unpaired) electrons. The van der Waals surface area contributed by atoms with Crippen molar-refractivity contribution in [2.75, 3.05) is 5.75 Å². The maximum Gasteiger partial charge on any atom is 0.316 e. The van der Waals surface area contributed by atoms with Crippen LogP contribution in [-0.4, -0.2) is 28.0 Å². The maximum atomic E-state index is 12.3. The van der Waals surface area contributed by atoms with Crippen LogP contribution in [-0.2, 0) is 9.53 Å². The number of thioether (sulfide) groups is 1. The number of rotatable bonds is 6. The van der Waals surface area contributed by atoms with Gasteiger partial charge in [-0.05, 0) is 43.6 Å². The van der Waals surface area contributed by atoms with Crippen LogP contribution in [0.5, 0.6) is 0 Å². The molecule has 142 valence electrons. The quantitative estimate of drug-likeness (QED) is 0.531. The van der Waals surface area contributed by atoms with E-state index in [1.807, 2.05) is 6.92 Å². The van der Waals surface area contributed by atoms with Gasteiger partial charge in [-0.2, -0.15) is 0 Å². The van der Waals surface area contributed by atoms with Crippen LogP contribution in [0.15, 0.2) is 26.4 Å². The molecule has 1 aliphatic rings. The van der Waals surface area contributed by atoms with Crippen molar-refractivity contribution >= 4 is 17.7 Å². The number of nitrogens with zero attached hydrogens (tertiary/aromatic N) is 2. The van der Waals surface area contributed by atoms with Crippen LogP contribution in [0.25, 0.3) is 11.5 Å². The molecule has 0 unspecified atom stereocenters. The molecule has 6 nitrogen and oxygen atoms in total. The predicted octanol–water partition coefficient (Wildman–Crippen LogP) is 4.73. The lowest BCUT2D eigenvalue weighted by atomic mass is 9.75. The lowest BCUT2D eigenvalue weighted by Crippen LogP contribution is -2.36. The zero-order valence-corrected chi connectivity index (χ0v) is 16.5. The standard InChI is InChI=1S/C19H26N2O4S/c1-11(2)14-6-5-12(3)9-16(14)24-17(22)10-26-19-21-20-18(25-19)15-7-8-23-13(15)4/h7-8,11-12,14,16H,5-6,9-10H2,1-4H3/t12-,14-,16-/m1/s1.